The van der Waals surface area contributed by atoms with E-state index in [9.17, 15) is 0 Å². The van der Waals surface area contributed by atoms with Gasteiger partial charge in [0.15, 0.2) is 0 Å². The van der Waals surface area contributed by atoms with Crippen LogP contribution in [0.1, 0.15) is 16.7 Å². The Balaban J connectivity index is 2.23. The van der Waals surface area contributed by atoms with E-state index in [1.54, 1.807) is 6.20 Å². The van der Waals surface area contributed by atoms with Crippen LogP contribution in [0.5, 0.6) is 11.6 Å². The van der Waals surface area contributed by atoms with Crippen molar-refractivity contribution in [2.24, 2.45) is 0 Å². The molecule has 0 spiro atoms. The molecule has 1 aromatic carbocycles. The number of hydrogen-bond acceptors (Lipinski definition) is 3. The number of aryl methyl sites for hydroxylation is 2. The van der Waals surface area contributed by atoms with Crippen LogP contribution in [0.4, 0.5) is 0 Å². The zero-order chi connectivity index (χ0) is 12.3. The highest BCUT2D eigenvalue weighted by Crippen LogP contribution is 2.22. The second-order valence-corrected chi connectivity index (χ2v) is 4.09. The van der Waals surface area contributed by atoms with Crippen LogP contribution >= 0.6 is 0 Å². The molecule has 1 N–H and O–H groups in total. The zero-order valence-electron chi connectivity index (χ0n) is 9.97. The number of rotatable bonds is 3. The first kappa shape index (κ1) is 11.6. The maximum atomic E-state index is 9.12. The summed E-state index contributed by atoms with van der Waals surface area (Å²) in [6.07, 6.45) is 1.76. The van der Waals surface area contributed by atoms with Crippen molar-refractivity contribution >= 4 is 0 Å². The fraction of sp³-hybridized carbons (Fsp3) is 0.214. The number of aliphatic hydroxyl groups is 1. The Kier molecular flexibility index (Phi) is 3.40. The monoisotopic (exact) mass is 229 g/mol. The number of hydrogen-bond donors (Lipinski definition) is 1. The molecule has 88 valence electrons. The van der Waals surface area contributed by atoms with Gasteiger partial charge >= 0.3 is 0 Å². The molecule has 3 nitrogen and oxygen atoms in total. The van der Waals surface area contributed by atoms with E-state index in [-0.39, 0.29) is 6.61 Å². The number of nitrogens with zero attached hydrogens (tertiary/aromatic N) is 1. The molecule has 0 saturated carbocycles. The molecule has 0 amide bonds. The predicted molar refractivity (Wildman–Crippen MR) is 66.1 cm³/mol. The summed E-state index contributed by atoms with van der Waals surface area (Å²) in [5.41, 5.74) is 2.99. The highest BCUT2D eigenvalue weighted by molar-refractivity contribution is 5.35. The lowest BCUT2D eigenvalue weighted by Crippen LogP contribution is -1.91. The molecule has 2 aromatic rings. The summed E-state index contributed by atoms with van der Waals surface area (Å²) in [6.45, 7) is 3.96. The van der Waals surface area contributed by atoms with Crippen molar-refractivity contribution in [2.45, 2.75) is 20.5 Å². The minimum Gasteiger partial charge on any atom is -0.439 e. The Morgan fingerprint density at radius 3 is 2.59 bits per heavy atom. The summed E-state index contributed by atoms with van der Waals surface area (Å²) in [5.74, 6) is 1.26. The van der Waals surface area contributed by atoms with Crippen LogP contribution in [0.3, 0.4) is 0 Å². The van der Waals surface area contributed by atoms with Crippen LogP contribution in [0.2, 0.25) is 0 Å². The molecule has 0 aliphatic carbocycles. The summed E-state index contributed by atoms with van der Waals surface area (Å²) < 4.78 is 5.63. The van der Waals surface area contributed by atoms with Gasteiger partial charge in [-0.1, -0.05) is 12.1 Å². The third-order valence-electron chi connectivity index (χ3n) is 2.40. The first-order valence-electron chi connectivity index (χ1n) is 5.49. The maximum absolute atomic E-state index is 9.12. The van der Waals surface area contributed by atoms with Crippen LogP contribution in [0.15, 0.2) is 36.5 Å². The number of aromatic nitrogens is 1. The molecule has 0 saturated heterocycles. The predicted octanol–water partition coefficient (Wildman–Crippen LogP) is 2.98. The molecule has 0 atom stereocenters. The van der Waals surface area contributed by atoms with E-state index >= 15 is 0 Å². The van der Waals surface area contributed by atoms with E-state index in [4.69, 9.17) is 9.84 Å². The quantitative estimate of drug-likeness (QED) is 0.879. The topological polar surface area (TPSA) is 42.4 Å². The molecule has 1 aromatic heterocycles. The lowest BCUT2D eigenvalue weighted by molar-refractivity contribution is 0.281. The third kappa shape index (κ3) is 3.04. The van der Waals surface area contributed by atoms with E-state index < -0.39 is 0 Å². The third-order valence-corrected chi connectivity index (χ3v) is 2.40. The van der Waals surface area contributed by atoms with Gasteiger partial charge in [0.1, 0.15) is 5.75 Å². The number of benzene rings is 1. The van der Waals surface area contributed by atoms with Crippen LogP contribution in [0, 0.1) is 13.8 Å². The fourth-order valence-corrected chi connectivity index (χ4v) is 1.61. The van der Waals surface area contributed by atoms with E-state index in [1.807, 2.05) is 44.2 Å². The van der Waals surface area contributed by atoms with Crippen molar-refractivity contribution in [3.63, 3.8) is 0 Å². The largest absolute Gasteiger partial charge is 0.439 e. The van der Waals surface area contributed by atoms with Gasteiger partial charge in [0.25, 0.3) is 0 Å². The van der Waals surface area contributed by atoms with Gasteiger partial charge in [-0.3, -0.25) is 0 Å². The smallest absolute Gasteiger partial charge is 0.219 e. The molecule has 2 rings (SSSR count). The first-order chi connectivity index (χ1) is 8.17. The summed E-state index contributed by atoms with van der Waals surface area (Å²) in [7, 11) is 0. The molecule has 0 bridgehead atoms. The van der Waals surface area contributed by atoms with Gasteiger partial charge in [0.2, 0.25) is 5.88 Å². The van der Waals surface area contributed by atoms with E-state index in [1.165, 1.54) is 0 Å². The highest BCUT2D eigenvalue weighted by Gasteiger charge is 2.01. The molecule has 0 radical (unpaired) electrons. The second-order valence-electron chi connectivity index (χ2n) is 4.09. The van der Waals surface area contributed by atoms with E-state index in [0.29, 0.717) is 11.6 Å². The van der Waals surface area contributed by atoms with Gasteiger partial charge in [-0.2, -0.15) is 0 Å². The first-order valence-corrected chi connectivity index (χ1v) is 5.49. The average molecular weight is 229 g/mol. The molecule has 0 unspecified atom stereocenters. The Labute approximate surface area is 101 Å². The Hall–Kier alpha value is -1.87. The van der Waals surface area contributed by atoms with Crippen molar-refractivity contribution in [1.29, 1.82) is 0 Å². The van der Waals surface area contributed by atoms with Gasteiger partial charge in [0.05, 0.1) is 6.61 Å². The van der Waals surface area contributed by atoms with E-state index in [0.717, 1.165) is 16.7 Å². The van der Waals surface area contributed by atoms with Crippen molar-refractivity contribution in [2.75, 3.05) is 0 Å². The van der Waals surface area contributed by atoms with E-state index in [2.05, 4.69) is 4.98 Å². The SMILES string of the molecule is Cc1ccc(Oc2cc(C)cc(CO)c2)nc1. The molecule has 0 aliphatic rings. The van der Waals surface area contributed by atoms with Crippen molar-refractivity contribution < 1.29 is 9.84 Å². The minimum absolute atomic E-state index is 0.0133. The summed E-state index contributed by atoms with van der Waals surface area (Å²) in [4.78, 5) is 4.17. The van der Waals surface area contributed by atoms with Crippen LogP contribution in [0.25, 0.3) is 0 Å². The van der Waals surface area contributed by atoms with Crippen LogP contribution in [-0.4, -0.2) is 10.1 Å². The summed E-state index contributed by atoms with van der Waals surface area (Å²) >= 11 is 0. The zero-order valence-corrected chi connectivity index (χ0v) is 9.97. The molecule has 1 heterocycles. The highest BCUT2D eigenvalue weighted by atomic mass is 16.5. The van der Waals surface area contributed by atoms with Gasteiger partial charge < -0.3 is 9.84 Å². The number of aliphatic hydroxyl groups excluding tert-OH is 1. The lowest BCUT2D eigenvalue weighted by Gasteiger charge is -2.07. The van der Waals surface area contributed by atoms with Gasteiger partial charge in [0, 0.05) is 12.3 Å². The van der Waals surface area contributed by atoms with Gasteiger partial charge in [-0.25, -0.2) is 4.98 Å². The average Bonchev–Trinajstić information content (AvgIpc) is 2.31. The second kappa shape index (κ2) is 4.97. The van der Waals surface area contributed by atoms with Crippen molar-refractivity contribution in [3.8, 4) is 11.6 Å². The standard InChI is InChI=1S/C14H15NO2/c1-10-3-4-14(15-8-10)17-13-6-11(2)5-12(7-13)9-16/h3-8,16H,9H2,1-2H3. The Morgan fingerprint density at radius 1 is 1.12 bits per heavy atom. The molecular weight excluding hydrogens is 214 g/mol. The Morgan fingerprint density at radius 2 is 1.94 bits per heavy atom. The summed E-state index contributed by atoms with van der Waals surface area (Å²) in [5, 5.41) is 9.12. The fourth-order valence-electron chi connectivity index (χ4n) is 1.61. The van der Waals surface area contributed by atoms with Crippen molar-refractivity contribution in [1.82, 2.24) is 4.98 Å². The maximum Gasteiger partial charge on any atom is 0.219 e. The minimum atomic E-state index is 0.0133. The molecule has 0 aliphatic heterocycles. The number of ether oxygens (including phenoxy) is 1. The van der Waals surface area contributed by atoms with Crippen LogP contribution in [-0.2, 0) is 6.61 Å². The molecule has 3 heteroatoms. The number of pyridine rings is 1. The molecule has 0 fully saturated rings. The molecular formula is C14H15NO2. The lowest BCUT2D eigenvalue weighted by atomic mass is 10.1. The van der Waals surface area contributed by atoms with Gasteiger partial charge in [-0.15, -0.1) is 0 Å². The van der Waals surface area contributed by atoms with Crippen molar-refractivity contribution in [3.05, 3.63) is 53.2 Å². The molecule has 17 heavy (non-hydrogen) atoms. The Bertz CT molecular complexity index is 506. The summed E-state index contributed by atoms with van der Waals surface area (Å²) in [6, 6.07) is 9.44. The normalized spacial score (nSPS) is 10.3. The van der Waals surface area contributed by atoms with Gasteiger partial charge in [-0.05, 0) is 42.7 Å². The van der Waals surface area contributed by atoms with Crippen LogP contribution < -0.4 is 4.74 Å².